The van der Waals surface area contributed by atoms with E-state index in [0.29, 0.717) is 19.0 Å². The Hall–Kier alpha value is -0.610. The Kier molecular flexibility index (Phi) is 6.80. The molecule has 0 aromatic heterocycles. The molecule has 1 aliphatic rings. The van der Waals surface area contributed by atoms with E-state index >= 15 is 0 Å². The van der Waals surface area contributed by atoms with Crippen molar-refractivity contribution in [1.29, 1.82) is 0 Å². The van der Waals surface area contributed by atoms with Gasteiger partial charge in [0.15, 0.2) is 0 Å². The Morgan fingerprint density at radius 1 is 1.53 bits per heavy atom. The zero-order chi connectivity index (χ0) is 14.3. The summed E-state index contributed by atoms with van der Waals surface area (Å²) >= 11 is 0. The molecule has 1 saturated carbocycles. The molecule has 3 N–H and O–H groups in total. The van der Waals surface area contributed by atoms with Crippen molar-refractivity contribution in [2.24, 2.45) is 5.92 Å². The summed E-state index contributed by atoms with van der Waals surface area (Å²) in [6, 6.07) is 0.233. The Bertz CT molecular complexity index is 283. The highest BCUT2D eigenvalue weighted by Crippen LogP contribution is 2.31. The molecule has 0 bridgehead atoms. The molecule has 1 rings (SSSR count). The standard InChI is InChI=1S/C15H30N2O2/c1-4-6-13(3)17-14(18)10-16-11-15(19)8-5-7-12(2)9-15/h12-13,16,19H,4-11H2,1-3H3,(H,17,18). The van der Waals surface area contributed by atoms with Crippen molar-refractivity contribution in [3.8, 4) is 0 Å². The molecule has 0 spiro atoms. The van der Waals surface area contributed by atoms with Crippen LogP contribution in [0.4, 0.5) is 0 Å². The van der Waals surface area contributed by atoms with Gasteiger partial charge in [0.2, 0.25) is 5.91 Å². The lowest BCUT2D eigenvalue weighted by molar-refractivity contribution is -0.121. The highest BCUT2D eigenvalue weighted by Gasteiger charge is 2.32. The summed E-state index contributed by atoms with van der Waals surface area (Å²) in [5.41, 5.74) is -0.618. The fourth-order valence-corrected chi connectivity index (χ4v) is 3.03. The van der Waals surface area contributed by atoms with Crippen molar-refractivity contribution in [2.75, 3.05) is 13.1 Å². The number of nitrogens with one attached hydrogen (secondary N) is 2. The van der Waals surface area contributed by atoms with Crippen LogP contribution >= 0.6 is 0 Å². The van der Waals surface area contributed by atoms with Crippen LogP contribution < -0.4 is 10.6 Å². The van der Waals surface area contributed by atoms with Gasteiger partial charge in [-0.2, -0.15) is 0 Å². The predicted molar refractivity (Wildman–Crippen MR) is 78.0 cm³/mol. The van der Waals surface area contributed by atoms with Crippen LogP contribution in [0.2, 0.25) is 0 Å². The first-order valence-electron chi connectivity index (χ1n) is 7.67. The Morgan fingerprint density at radius 3 is 2.89 bits per heavy atom. The molecule has 0 aromatic carbocycles. The molecule has 112 valence electrons. The summed E-state index contributed by atoms with van der Waals surface area (Å²) in [6.45, 7) is 7.14. The third-order valence-corrected chi connectivity index (χ3v) is 3.94. The van der Waals surface area contributed by atoms with Crippen molar-refractivity contribution in [1.82, 2.24) is 10.6 Å². The van der Waals surface area contributed by atoms with E-state index in [0.717, 1.165) is 32.1 Å². The van der Waals surface area contributed by atoms with Gasteiger partial charge in [-0.1, -0.05) is 33.1 Å². The number of amides is 1. The van der Waals surface area contributed by atoms with Crippen LogP contribution in [-0.4, -0.2) is 35.7 Å². The first-order valence-corrected chi connectivity index (χ1v) is 7.67. The third kappa shape index (κ3) is 6.39. The van der Waals surface area contributed by atoms with Crippen molar-refractivity contribution in [3.63, 3.8) is 0 Å². The fraction of sp³-hybridized carbons (Fsp3) is 0.933. The van der Waals surface area contributed by atoms with E-state index in [1.165, 1.54) is 6.42 Å². The molecule has 1 amide bonds. The van der Waals surface area contributed by atoms with Gasteiger partial charge in [0.1, 0.15) is 0 Å². The van der Waals surface area contributed by atoms with E-state index in [1.807, 2.05) is 6.92 Å². The van der Waals surface area contributed by atoms with E-state index < -0.39 is 5.60 Å². The molecule has 0 radical (unpaired) electrons. The van der Waals surface area contributed by atoms with Gasteiger partial charge >= 0.3 is 0 Å². The maximum absolute atomic E-state index is 11.7. The minimum atomic E-state index is -0.618. The molecule has 0 heterocycles. The summed E-state index contributed by atoms with van der Waals surface area (Å²) in [4.78, 5) is 11.7. The van der Waals surface area contributed by atoms with Crippen LogP contribution in [-0.2, 0) is 4.79 Å². The van der Waals surface area contributed by atoms with Crippen molar-refractivity contribution in [2.45, 2.75) is 70.9 Å². The fourth-order valence-electron chi connectivity index (χ4n) is 3.03. The normalized spacial score (nSPS) is 28.9. The van der Waals surface area contributed by atoms with Gasteiger partial charge in [0.25, 0.3) is 0 Å². The summed E-state index contributed by atoms with van der Waals surface area (Å²) < 4.78 is 0. The van der Waals surface area contributed by atoms with E-state index in [4.69, 9.17) is 0 Å². The average molecular weight is 270 g/mol. The lowest BCUT2D eigenvalue weighted by atomic mass is 9.79. The predicted octanol–water partition coefficient (Wildman–Crippen LogP) is 1.82. The topological polar surface area (TPSA) is 61.4 Å². The van der Waals surface area contributed by atoms with Gasteiger partial charge in [-0.05, 0) is 32.1 Å². The second-order valence-electron chi connectivity index (χ2n) is 6.29. The molecule has 0 saturated heterocycles. The molecule has 19 heavy (non-hydrogen) atoms. The lowest BCUT2D eigenvalue weighted by Crippen LogP contribution is -2.47. The zero-order valence-electron chi connectivity index (χ0n) is 12.7. The average Bonchev–Trinajstić information content (AvgIpc) is 2.28. The molecule has 4 heteroatoms. The van der Waals surface area contributed by atoms with E-state index in [9.17, 15) is 9.90 Å². The molecule has 1 fully saturated rings. The summed E-state index contributed by atoms with van der Waals surface area (Å²) in [5.74, 6) is 0.604. The van der Waals surface area contributed by atoms with Crippen LogP contribution in [0.15, 0.2) is 0 Å². The highest BCUT2D eigenvalue weighted by molar-refractivity contribution is 5.78. The van der Waals surface area contributed by atoms with Crippen molar-refractivity contribution in [3.05, 3.63) is 0 Å². The minimum Gasteiger partial charge on any atom is -0.389 e. The third-order valence-electron chi connectivity index (χ3n) is 3.94. The van der Waals surface area contributed by atoms with Gasteiger partial charge in [0, 0.05) is 12.6 Å². The first kappa shape index (κ1) is 16.4. The highest BCUT2D eigenvalue weighted by atomic mass is 16.3. The number of rotatable bonds is 7. The van der Waals surface area contributed by atoms with Crippen molar-refractivity contribution < 1.29 is 9.90 Å². The van der Waals surface area contributed by atoms with Gasteiger partial charge in [0.05, 0.1) is 12.1 Å². The van der Waals surface area contributed by atoms with Gasteiger partial charge < -0.3 is 15.7 Å². The summed E-state index contributed by atoms with van der Waals surface area (Å²) in [6.07, 6.45) is 6.06. The van der Waals surface area contributed by atoms with Crippen LogP contribution in [0.25, 0.3) is 0 Å². The molecular formula is C15H30N2O2. The number of carbonyl (C=O) groups is 1. The smallest absolute Gasteiger partial charge is 0.234 e. The lowest BCUT2D eigenvalue weighted by Gasteiger charge is -2.35. The van der Waals surface area contributed by atoms with Crippen LogP contribution in [0.3, 0.4) is 0 Å². The van der Waals surface area contributed by atoms with Gasteiger partial charge in [-0.25, -0.2) is 0 Å². The van der Waals surface area contributed by atoms with Gasteiger partial charge in [-0.15, -0.1) is 0 Å². The molecule has 3 unspecified atom stereocenters. The minimum absolute atomic E-state index is 0.0217. The number of carbonyl (C=O) groups excluding carboxylic acids is 1. The Balaban J connectivity index is 2.20. The monoisotopic (exact) mass is 270 g/mol. The van der Waals surface area contributed by atoms with Crippen molar-refractivity contribution >= 4 is 5.91 Å². The van der Waals surface area contributed by atoms with Crippen LogP contribution in [0.1, 0.15) is 59.3 Å². The number of aliphatic hydroxyl groups is 1. The van der Waals surface area contributed by atoms with E-state index in [1.54, 1.807) is 0 Å². The van der Waals surface area contributed by atoms with Crippen LogP contribution in [0, 0.1) is 5.92 Å². The summed E-state index contributed by atoms with van der Waals surface area (Å²) in [5, 5.41) is 16.5. The second-order valence-corrected chi connectivity index (χ2v) is 6.29. The zero-order valence-corrected chi connectivity index (χ0v) is 12.7. The maximum atomic E-state index is 11.7. The molecule has 3 atom stereocenters. The molecule has 4 nitrogen and oxygen atoms in total. The Morgan fingerprint density at radius 2 is 2.26 bits per heavy atom. The number of hydrogen-bond donors (Lipinski definition) is 3. The van der Waals surface area contributed by atoms with Gasteiger partial charge in [-0.3, -0.25) is 4.79 Å². The maximum Gasteiger partial charge on any atom is 0.234 e. The largest absolute Gasteiger partial charge is 0.389 e. The summed E-state index contributed by atoms with van der Waals surface area (Å²) in [7, 11) is 0. The molecule has 0 aliphatic heterocycles. The second kappa shape index (κ2) is 7.85. The quantitative estimate of drug-likeness (QED) is 0.661. The van der Waals surface area contributed by atoms with Crippen LogP contribution in [0.5, 0.6) is 0 Å². The Labute approximate surface area is 117 Å². The van der Waals surface area contributed by atoms with E-state index in [2.05, 4.69) is 24.5 Å². The SMILES string of the molecule is CCCC(C)NC(=O)CNCC1(O)CCCC(C)C1. The molecule has 1 aliphatic carbocycles. The molecular weight excluding hydrogens is 240 g/mol. The first-order chi connectivity index (χ1) is 8.95. The van der Waals surface area contributed by atoms with E-state index in [-0.39, 0.29) is 11.9 Å². The number of hydrogen-bond acceptors (Lipinski definition) is 3. The molecule has 0 aromatic rings.